The summed E-state index contributed by atoms with van der Waals surface area (Å²) in [7, 11) is 1.19. The van der Waals surface area contributed by atoms with E-state index in [2.05, 4.69) is 14.8 Å². The van der Waals surface area contributed by atoms with Gasteiger partial charge < -0.3 is 19.9 Å². The lowest BCUT2D eigenvalue weighted by atomic mass is 10.3. The Bertz CT molecular complexity index is 491. The molecule has 1 atom stereocenters. The van der Waals surface area contributed by atoms with Crippen molar-refractivity contribution in [3.8, 4) is 5.75 Å². The Hall–Kier alpha value is -1.74. The fourth-order valence-electron chi connectivity index (χ4n) is 1.37. The average Bonchev–Trinajstić information content (AvgIpc) is 2.69. The molecule has 1 aromatic heterocycles. The molecule has 0 bridgehead atoms. The lowest BCUT2D eigenvalue weighted by molar-refractivity contribution is -0.148. The Kier molecular flexibility index (Phi) is 5.83. The van der Waals surface area contributed by atoms with Gasteiger partial charge in [-0.3, -0.25) is 4.79 Å². The van der Waals surface area contributed by atoms with Gasteiger partial charge in [-0.1, -0.05) is 0 Å². The fraction of sp³-hybridized carbons (Fsp3) is 0.455. The number of amides is 1. The van der Waals surface area contributed by atoms with E-state index in [1.54, 1.807) is 6.92 Å². The molecule has 6 nitrogen and oxygen atoms in total. The number of carboxylic acids is 1. The van der Waals surface area contributed by atoms with Crippen molar-refractivity contribution in [1.29, 1.82) is 0 Å². The number of halogens is 2. The van der Waals surface area contributed by atoms with E-state index in [4.69, 9.17) is 5.11 Å². The van der Waals surface area contributed by atoms with Crippen molar-refractivity contribution < 1.29 is 33.0 Å². The van der Waals surface area contributed by atoms with Crippen LogP contribution in [-0.2, 0) is 9.53 Å². The van der Waals surface area contributed by atoms with Crippen molar-refractivity contribution in [2.24, 2.45) is 0 Å². The molecule has 0 aliphatic rings. The molecule has 0 aliphatic heterocycles. The summed E-state index contributed by atoms with van der Waals surface area (Å²) in [5, 5.41) is 11.0. The highest BCUT2D eigenvalue weighted by Crippen LogP contribution is 2.30. The summed E-state index contributed by atoms with van der Waals surface area (Å²) in [5.41, 5.74) is 0. The van der Waals surface area contributed by atoms with E-state index in [1.807, 2.05) is 0 Å². The van der Waals surface area contributed by atoms with Gasteiger partial charge in [0.15, 0.2) is 6.10 Å². The molecular weight excluding hydrogens is 296 g/mol. The Balaban J connectivity index is 2.74. The molecule has 0 aromatic carbocycles. The van der Waals surface area contributed by atoms with Gasteiger partial charge in [-0.15, -0.1) is 11.3 Å². The van der Waals surface area contributed by atoms with Gasteiger partial charge >= 0.3 is 12.6 Å². The van der Waals surface area contributed by atoms with Crippen LogP contribution in [0.4, 0.5) is 8.78 Å². The average molecular weight is 309 g/mol. The molecule has 0 saturated heterocycles. The minimum absolute atomic E-state index is 0.0389. The second kappa shape index (κ2) is 7.15. The molecule has 1 unspecified atom stereocenters. The third-order valence-electron chi connectivity index (χ3n) is 2.25. The predicted molar refractivity (Wildman–Crippen MR) is 66.5 cm³/mol. The van der Waals surface area contributed by atoms with Crippen LogP contribution >= 0.6 is 11.3 Å². The third kappa shape index (κ3) is 4.42. The van der Waals surface area contributed by atoms with Gasteiger partial charge in [-0.2, -0.15) is 8.78 Å². The van der Waals surface area contributed by atoms with Gasteiger partial charge in [0.2, 0.25) is 0 Å². The summed E-state index contributed by atoms with van der Waals surface area (Å²) in [6.07, 6.45) is -1.21. The molecule has 20 heavy (non-hydrogen) atoms. The standard InChI is InChI=1S/C11H13F2NO5S/c1-5-3-6(19-11(12)13)8(20-5)9(15)14-4-7(18-2)10(16)17/h3,7,11H,4H2,1-2H3,(H,14,15)(H,16,17). The number of ether oxygens (including phenoxy) is 2. The molecule has 0 saturated carbocycles. The summed E-state index contributed by atoms with van der Waals surface area (Å²) < 4.78 is 33.3. The van der Waals surface area contributed by atoms with Crippen molar-refractivity contribution in [2.75, 3.05) is 13.7 Å². The Morgan fingerprint density at radius 2 is 2.15 bits per heavy atom. The van der Waals surface area contributed by atoms with Crippen LogP contribution in [-0.4, -0.2) is 43.4 Å². The number of aryl methyl sites for hydroxylation is 1. The predicted octanol–water partition coefficient (Wildman–Crippen LogP) is 1.49. The van der Waals surface area contributed by atoms with Gasteiger partial charge in [0.25, 0.3) is 5.91 Å². The lowest BCUT2D eigenvalue weighted by Crippen LogP contribution is -2.37. The van der Waals surface area contributed by atoms with E-state index in [1.165, 1.54) is 13.2 Å². The largest absolute Gasteiger partial charge is 0.479 e. The van der Waals surface area contributed by atoms with E-state index in [9.17, 15) is 18.4 Å². The molecule has 0 fully saturated rings. The number of methoxy groups -OCH3 is 1. The zero-order chi connectivity index (χ0) is 15.3. The maximum atomic E-state index is 12.2. The first-order valence-electron chi connectivity index (χ1n) is 5.44. The van der Waals surface area contributed by atoms with Crippen molar-refractivity contribution in [3.63, 3.8) is 0 Å². The normalized spacial score (nSPS) is 12.2. The van der Waals surface area contributed by atoms with Crippen LogP contribution in [0.5, 0.6) is 5.75 Å². The van der Waals surface area contributed by atoms with Crippen LogP contribution in [0.1, 0.15) is 14.5 Å². The zero-order valence-corrected chi connectivity index (χ0v) is 11.5. The number of rotatable bonds is 7. The van der Waals surface area contributed by atoms with Crippen LogP contribution in [0.15, 0.2) is 6.07 Å². The van der Waals surface area contributed by atoms with E-state index >= 15 is 0 Å². The second-order valence-electron chi connectivity index (χ2n) is 3.70. The topological polar surface area (TPSA) is 84.9 Å². The number of aliphatic carboxylic acids is 1. The molecule has 1 aromatic rings. The molecule has 1 rings (SSSR count). The van der Waals surface area contributed by atoms with Gasteiger partial charge in [-0.25, -0.2) is 4.79 Å². The smallest absolute Gasteiger partial charge is 0.387 e. The van der Waals surface area contributed by atoms with Gasteiger partial charge in [0.1, 0.15) is 10.6 Å². The van der Waals surface area contributed by atoms with Crippen molar-refractivity contribution in [1.82, 2.24) is 5.32 Å². The minimum atomic E-state index is -3.04. The van der Waals surface area contributed by atoms with Gasteiger partial charge in [0.05, 0.1) is 6.54 Å². The highest BCUT2D eigenvalue weighted by Gasteiger charge is 2.22. The summed E-state index contributed by atoms with van der Waals surface area (Å²) >= 11 is 0.973. The van der Waals surface area contributed by atoms with Crippen LogP contribution in [0, 0.1) is 6.92 Å². The number of hydrogen-bond acceptors (Lipinski definition) is 5. The van der Waals surface area contributed by atoms with E-state index in [0.29, 0.717) is 4.88 Å². The van der Waals surface area contributed by atoms with E-state index < -0.39 is 24.6 Å². The molecule has 1 heterocycles. The Morgan fingerprint density at radius 3 is 2.65 bits per heavy atom. The molecule has 0 radical (unpaired) electrons. The third-order valence-corrected chi connectivity index (χ3v) is 3.28. The number of carbonyl (C=O) groups excluding carboxylic acids is 1. The first-order valence-corrected chi connectivity index (χ1v) is 6.25. The molecule has 112 valence electrons. The van der Waals surface area contributed by atoms with Gasteiger partial charge in [-0.05, 0) is 13.0 Å². The lowest BCUT2D eigenvalue weighted by Gasteiger charge is -2.11. The summed E-state index contributed by atoms with van der Waals surface area (Å²) in [5.74, 6) is -2.16. The molecule has 9 heteroatoms. The number of alkyl halides is 2. The van der Waals surface area contributed by atoms with Crippen LogP contribution < -0.4 is 10.1 Å². The van der Waals surface area contributed by atoms with E-state index in [-0.39, 0.29) is 17.2 Å². The van der Waals surface area contributed by atoms with Gasteiger partial charge in [0, 0.05) is 12.0 Å². The Labute approximate surface area is 117 Å². The Morgan fingerprint density at radius 1 is 1.50 bits per heavy atom. The molecule has 1 amide bonds. The fourth-order valence-corrected chi connectivity index (χ4v) is 2.23. The van der Waals surface area contributed by atoms with Crippen molar-refractivity contribution in [3.05, 3.63) is 15.8 Å². The maximum Gasteiger partial charge on any atom is 0.387 e. The van der Waals surface area contributed by atoms with Crippen LogP contribution in [0.2, 0.25) is 0 Å². The van der Waals surface area contributed by atoms with Crippen molar-refractivity contribution in [2.45, 2.75) is 19.6 Å². The quantitative estimate of drug-likeness (QED) is 0.797. The number of hydrogen-bond donors (Lipinski definition) is 2. The first kappa shape index (κ1) is 16.3. The number of nitrogens with one attached hydrogen (secondary N) is 1. The SMILES string of the molecule is COC(CNC(=O)c1sc(C)cc1OC(F)F)C(=O)O. The van der Waals surface area contributed by atoms with Crippen LogP contribution in [0.25, 0.3) is 0 Å². The minimum Gasteiger partial charge on any atom is -0.479 e. The highest BCUT2D eigenvalue weighted by atomic mass is 32.1. The summed E-state index contributed by atoms with van der Waals surface area (Å²) in [4.78, 5) is 23.1. The zero-order valence-electron chi connectivity index (χ0n) is 10.7. The monoisotopic (exact) mass is 309 g/mol. The maximum absolute atomic E-state index is 12.2. The number of carboxylic acid groups (broad SMARTS) is 1. The second-order valence-corrected chi connectivity index (χ2v) is 4.96. The molecule has 0 spiro atoms. The summed E-state index contributed by atoms with van der Waals surface area (Å²) in [6, 6.07) is 1.32. The first-order chi connectivity index (χ1) is 9.35. The molecule has 0 aliphatic carbocycles. The number of thiophene rings is 1. The molecule has 2 N–H and O–H groups in total. The van der Waals surface area contributed by atoms with Crippen LogP contribution in [0.3, 0.4) is 0 Å². The number of carbonyl (C=O) groups is 2. The summed E-state index contributed by atoms with van der Waals surface area (Å²) in [6.45, 7) is -1.69. The van der Waals surface area contributed by atoms with Crippen molar-refractivity contribution >= 4 is 23.2 Å². The van der Waals surface area contributed by atoms with E-state index in [0.717, 1.165) is 11.3 Å². The highest BCUT2D eigenvalue weighted by molar-refractivity contribution is 7.14. The molecular formula is C11H13F2NO5S.